The summed E-state index contributed by atoms with van der Waals surface area (Å²) in [5.74, 6) is -1.27. The third kappa shape index (κ3) is 5.10. The maximum atomic E-state index is 13.9. The molecule has 0 saturated heterocycles. The monoisotopic (exact) mass is 430 g/mol. The summed E-state index contributed by atoms with van der Waals surface area (Å²) in [6.07, 6.45) is 4.07. The molecule has 3 aromatic rings. The lowest BCUT2D eigenvalue weighted by Crippen LogP contribution is -2.21. The molecule has 31 heavy (non-hydrogen) atoms. The van der Waals surface area contributed by atoms with Crippen molar-refractivity contribution in [2.75, 3.05) is 0 Å². The zero-order chi connectivity index (χ0) is 22.5. The minimum Gasteiger partial charge on any atom is -0.485 e. The van der Waals surface area contributed by atoms with Crippen LogP contribution in [0.1, 0.15) is 61.3 Å². The van der Waals surface area contributed by atoms with E-state index < -0.39 is 17.7 Å². The first-order valence-electron chi connectivity index (χ1n) is 10.6. The van der Waals surface area contributed by atoms with E-state index in [1.54, 1.807) is 36.6 Å². The maximum Gasteiger partial charge on any atom is 0.181 e. The zero-order valence-corrected chi connectivity index (χ0v) is 18.1. The fraction of sp³-hybridized carbons (Fsp3) is 0.417. The Labute approximate surface area is 180 Å². The van der Waals surface area contributed by atoms with E-state index in [4.69, 9.17) is 4.74 Å². The fourth-order valence-corrected chi connectivity index (χ4v) is 3.74. The highest BCUT2D eigenvalue weighted by molar-refractivity contribution is 5.97. The second-order valence-corrected chi connectivity index (χ2v) is 7.87. The summed E-state index contributed by atoms with van der Waals surface area (Å²) in [5, 5.41) is 10.1. The normalized spacial score (nSPS) is 13.4. The van der Waals surface area contributed by atoms with E-state index in [0.717, 1.165) is 19.3 Å². The smallest absolute Gasteiger partial charge is 0.181 e. The van der Waals surface area contributed by atoms with Gasteiger partial charge in [-0.15, -0.1) is 0 Å². The number of imidazole rings is 1. The Bertz CT molecular complexity index is 1040. The van der Waals surface area contributed by atoms with Gasteiger partial charge in [0.2, 0.25) is 0 Å². The van der Waals surface area contributed by atoms with E-state index in [-0.39, 0.29) is 30.3 Å². The number of aliphatic hydroxyl groups is 1. The number of rotatable bonds is 10. The van der Waals surface area contributed by atoms with Gasteiger partial charge < -0.3 is 9.84 Å². The molecule has 166 valence electrons. The van der Waals surface area contributed by atoms with E-state index >= 15 is 0 Å². The van der Waals surface area contributed by atoms with E-state index in [1.165, 1.54) is 18.2 Å². The van der Waals surface area contributed by atoms with E-state index in [0.29, 0.717) is 22.8 Å². The Balaban J connectivity index is 1.86. The number of ether oxygens (including phenoxy) is 1. The third-order valence-electron chi connectivity index (χ3n) is 5.54. The summed E-state index contributed by atoms with van der Waals surface area (Å²) in [4.78, 5) is 17.6. The first kappa shape index (κ1) is 22.9. The van der Waals surface area contributed by atoms with Crippen molar-refractivity contribution in [3.05, 3.63) is 65.1 Å². The van der Waals surface area contributed by atoms with Crippen molar-refractivity contribution in [2.45, 2.75) is 59.2 Å². The summed E-state index contributed by atoms with van der Waals surface area (Å²) in [6, 6.07) is 6.99. The molecule has 0 fully saturated rings. The standard InChI is InChI=1S/C24H28F2N2O3/c1-4-5-8-17(16(3)29)13-21(30)23-15(2)27-24-22(11-7-12-28(23)24)31-14-18-19(25)9-6-10-20(18)26/h6-7,9-12,16-17,29H,4-5,8,13-14H2,1-3H3/t16?,17-/m0/s1. The predicted octanol–water partition coefficient (Wildman–Crippen LogP) is 5.26. The molecular weight excluding hydrogens is 402 g/mol. The first-order valence-corrected chi connectivity index (χ1v) is 10.6. The molecule has 0 spiro atoms. The summed E-state index contributed by atoms with van der Waals surface area (Å²) in [7, 11) is 0. The second kappa shape index (κ2) is 10.0. The van der Waals surface area contributed by atoms with Crippen LogP contribution in [0, 0.1) is 24.5 Å². The number of hydrogen-bond donors (Lipinski definition) is 1. The molecule has 0 radical (unpaired) electrons. The number of halogens is 2. The van der Waals surface area contributed by atoms with Crippen molar-refractivity contribution in [3.8, 4) is 5.75 Å². The van der Waals surface area contributed by atoms with Gasteiger partial charge in [0.25, 0.3) is 0 Å². The molecule has 2 atom stereocenters. The van der Waals surface area contributed by atoms with Crippen LogP contribution in [0.4, 0.5) is 8.78 Å². The average molecular weight is 430 g/mol. The molecule has 0 saturated carbocycles. The van der Waals surface area contributed by atoms with Crippen molar-refractivity contribution >= 4 is 11.4 Å². The molecular formula is C24H28F2N2O3. The molecule has 0 bridgehead atoms. The van der Waals surface area contributed by atoms with Crippen molar-refractivity contribution in [2.24, 2.45) is 5.92 Å². The second-order valence-electron chi connectivity index (χ2n) is 7.87. The number of Topliss-reactive ketones (excluding diaryl/α,β-unsaturated/α-hetero) is 1. The molecule has 0 aliphatic heterocycles. The number of hydrogen-bond acceptors (Lipinski definition) is 4. The molecule has 2 aromatic heterocycles. The Morgan fingerprint density at radius 1 is 1.23 bits per heavy atom. The largest absolute Gasteiger partial charge is 0.485 e. The molecule has 1 unspecified atom stereocenters. The number of carbonyl (C=O) groups is 1. The average Bonchev–Trinajstić information content (AvgIpc) is 3.07. The molecule has 0 amide bonds. The number of unbranched alkanes of at least 4 members (excludes halogenated alkanes) is 1. The fourth-order valence-electron chi connectivity index (χ4n) is 3.74. The predicted molar refractivity (Wildman–Crippen MR) is 114 cm³/mol. The van der Waals surface area contributed by atoms with Crippen LogP contribution in [0.15, 0.2) is 36.5 Å². The Hall–Kier alpha value is -2.80. The lowest BCUT2D eigenvalue weighted by Gasteiger charge is -2.19. The summed E-state index contributed by atoms with van der Waals surface area (Å²) in [6.45, 7) is 5.23. The molecule has 2 heterocycles. The van der Waals surface area contributed by atoms with Gasteiger partial charge in [0.05, 0.1) is 17.4 Å². The van der Waals surface area contributed by atoms with Crippen LogP contribution >= 0.6 is 0 Å². The number of aryl methyl sites for hydroxylation is 1. The van der Waals surface area contributed by atoms with Crippen molar-refractivity contribution in [3.63, 3.8) is 0 Å². The van der Waals surface area contributed by atoms with E-state index in [2.05, 4.69) is 11.9 Å². The van der Waals surface area contributed by atoms with Gasteiger partial charge in [0, 0.05) is 12.6 Å². The Morgan fingerprint density at radius 2 is 1.94 bits per heavy atom. The minimum atomic E-state index is -0.682. The number of pyridine rings is 1. The zero-order valence-electron chi connectivity index (χ0n) is 18.1. The van der Waals surface area contributed by atoms with Crippen LogP contribution in [-0.2, 0) is 6.61 Å². The van der Waals surface area contributed by atoms with Crippen LogP contribution in [-0.4, -0.2) is 26.4 Å². The number of aliphatic hydroxyl groups excluding tert-OH is 1. The van der Waals surface area contributed by atoms with Crippen LogP contribution in [0.25, 0.3) is 5.65 Å². The number of nitrogens with zero attached hydrogens (tertiary/aromatic N) is 2. The van der Waals surface area contributed by atoms with Gasteiger partial charge in [0.1, 0.15) is 23.9 Å². The molecule has 3 rings (SSSR count). The number of fused-ring (bicyclic) bond motifs is 1. The van der Waals surface area contributed by atoms with Gasteiger partial charge in [-0.3, -0.25) is 9.20 Å². The summed E-state index contributed by atoms with van der Waals surface area (Å²) >= 11 is 0. The Kier molecular flexibility index (Phi) is 7.38. The van der Waals surface area contributed by atoms with Gasteiger partial charge in [0.15, 0.2) is 17.2 Å². The SMILES string of the molecule is CCCC[C@@H](CC(=O)c1c(C)nc2c(OCc3c(F)cccc3F)cccn12)C(C)O. The van der Waals surface area contributed by atoms with Crippen molar-refractivity contribution in [1.82, 2.24) is 9.38 Å². The molecule has 1 aromatic carbocycles. The minimum absolute atomic E-state index is 0.107. The van der Waals surface area contributed by atoms with Gasteiger partial charge in [-0.25, -0.2) is 13.8 Å². The Morgan fingerprint density at radius 3 is 2.58 bits per heavy atom. The van der Waals surface area contributed by atoms with Crippen LogP contribution in [0.5, 0.6) is 5.75 Å². The number of aromatic nitrogens is 2. The van der Waals surface area contributed by atoms with Gasteiger partial charge in [-0.1, -0.05) is 25.8 Å². The lowest BCUT2D eigenvalue weighted by atomic mass is 9.90. The highest BCUT2D eigenvalue weighted by Gasteiger charge is 2.24. The van der Waals surface area contributed by atoms with E-state index in [9.17, 15) is 18.7 Å². The van der Waals surface area contributed by atoms with Gasteiger partial charge in [-0.05, 0) is 50.5 Å². The van der Waals surface area contributed by atoms with Crippen molar-refractivity contribution < 1.29 is 23.4 Å². The molecule has 0 aliphatic carbocycles. The number of benzene rings is 1. The molecule has 5 nitrogen and oxygen atoms in total. The third-order valence-corrected chi connectivity index (χ3v) is 5.54. The first-order chi connectivity index (χ1) is 14.8. The maximum absolute atomic E-state index is 13.9. The highest BCUT2D eigenvalue weighted by Crippen LogP contribution is 2.27. The van der Waals surface area contributed by atoms with Crippen molar-refractivity contribution in [1.29, 1.82) is 0 Å². The van der Waals surface area contributed by atoms with Gasteiger partial charge in [-0.2, -0.15) is 0 Å². The van der Waals surface area contributed by atoms with Crippen LogP contribution in [0.2, 0.25) is 0 Å². The number of carbonyl (C=O) groups excluding carboxylic acids is 1. The highest BCUT2D eigenvalue weighted by atomic mass is 19.1. The molecule has 7 heteroatoms. The van der Waals surface area contributed by atoms with Crippen LogP contribution in [0.3, 0.4) is 0 Å². The molecule has 1 N–H and O–H groups in total. The summed E-state index contributed by atoms with van der Waals surface area (Å²) < 4.78 is 35.1. The molecule has 0 aliphatic rings. The topological polar surface area (TPSA) is 63.8 Å². The number of ketones is 1. The van der Waals surface area contributed by atoms with Gasteiger partial charge >= 0.3 is 0 Å². The quantitative estimate of drug-likeness (QED) is 0.446. The lowest BCUT2D eigenvalue weighted by molar-refractivity contribution is 0.0814. The van der Waals surface area contributed by atoms with Crippen LogP contribution < -0.4 is 4.74 Å². The van der Waals surface area contributed by atoms with E-state index in [1.807, 2.05) is 0 Å². The summed E-state index contributed by atoms with van der Waals surface area (Å²) in [5.41, 5.74) is 1.21.